The maximum atomic E-state index is 10.8. The molecule has 3 aromatic rings. The lowest BCUT2D eigenvalue weighted by Gasteiger charge is -2.14. The Morgan fingerprint density at radius 3 is 1.36 bits per heavy atom. The van der Waals surface area contributed by atoms with Crippen molar-refractivity contribution in [3.05, 3.63) is 87.5 Å². The van der Waals surface area contributed by atoms with Gasteiger partial charge in [-0.3, -0.25) is 0 Å². The van der Waals surface area contributed by atoms with Gasteiger partial charge in [0.15, 0.2) is 0 Å². The molecule has 0 fully saturated rings. The van der Waals surface area contributed by atoms with Gasteiger partial charge in [-0.15, -0.1) is 0 Å². The molecular formula is C24H26O4. The summed E-state index contributed by atoms with van der Waals surface area (Å²) in [5, 5.41) is 31.0. The third-order valence-electron chi connectivity index (χ3n) is 4.64. The van der Waals surface area contributed by atoms with E-state index in [0.29, 0.717) is 12.8 Å². The van der Waals surface area contributed by atoms with E-state index in [2.05, 4.69) is 0 Å². The van der Waals surface area contributed by atoms with Crippen LogP contribution in [-0.4, -0.2) is 22.1 Å². The second-order valence-electron chi connectivity index (χ2n) is 7.05. The highest BCUT2D eigenvalue weighted by Crippen LogP contribution is 2.32. The lowest BCUT2D eigenvalue weighted by Crippen LogP contribution is -1.97. The number of phenolic OH excluding ortho intramolecular Hbond substituents is 3. The molecule has 0 aliphatic heterocycles. The Kier molecular flexibility index (Phi) is 6.83. The molecule has 0 spiro atoms. The maximum Gasteiger partial charge on any atom is 0.122 e. The zero-order chi connectivity index (χ0) is 20.8. The van der Waals surface area contributed by atoms with Crippen molar-refractivity contribution in [3.63, 3.8) is 0 Å². The van der Waals surface area contributed by atoms with Gasteiger partial charge in [-0.2, -0.15) is 0 Å². The van der Waals surface area contributed by atoms with Crippen molar-refractivity contribution < 1.29 is 20.1 Å². The summed E-state index contributed by atoms with van der Waals surface area (Å²) in [5.74, 6) is 0.682. The standard InChI is InChI=1S/C23H24O3.CH2O/c1-14-4-6-21(24)17(8-14)12-19-10-16(3)11-20(23(19)26)13-18-9-15(2)5-7-22(18)25;1-2/h4-11,24-26H,12-13H2,1-3H3;1H2. The molecule has 0 aliphatic carbocycles. The molecule has 4 nitrogen and oxygen atoms in total. The number of phenols is 3. The zero-order valence-corrected chi connectivity index (χ0v) is 16.5. The van der Waals surface area contributed by atoms with E-state index in [9.17, 15) is 15.3 Å². The third kappa shape index (κ3) is 4.92. The molecule has 0 unspecified atom stereocenters. The minimum absolute atomic E-state index is 0.220. The van der Waals surface area contributed by atoms with Crippen LogP contribution in [0.5, 0.6) is 17.2 Å². The van der Waals surface area contributed by atoms with E-state index in [-0.39, 0.29) is 17.2 Å². The van der Waals surface area contributed by atoms with Crippen molar-refractivity contribution in [2.45, 2.75) is 33.6 Å². The summed E-state index contributed by atoms with van der Waals surface area (Å²) in [6, 6.07) is 14.8. The van der Waals surface area contributed by atoms with Crippen LogP contribution < -0.4 is 0 Å². The average molecular weight is 378 g/mol. The maximum absolute atomic E-state index is 10.8. The van der Waals surface area contributed by atoms with Crippen molar-refractivity contribution in [3.8, 4) is 17.2 Å². The molecule has 0 saturated heterocycles. The predicted octanol–water partition coefficient (Wildman–Crippen LogP) is 4.73. The molecule has 0 atom stereocenters. The number of carbonyl (C=O) groups is 1. The lowest BCUT2D eigenvalue weighted by atomic mass is 9.94. The topological polar surface area (TPSA) is 77.8 Å². The fourth-order valence-corrected chi connectivity index (χ4v) is 3.33. The summed E-state index contributed by atoms with van der Waals surface area (Å²) < 4.78 is 0. The van der Waals surface area contributed by atoms with Crippen LogP contribution in [0.15, 0.2) is 48.5 Å². The molecule has 3 N–H and O–H groups in total. The summed E-state index contributed by atoms with van der Waals surface area (Å²) >= 11 is 0. The molecular weight excluding hydrogens is 352 g/mol. The van der Waals surface area contributed by atoms with Crippen molar-refractivity contribution in [1.29, 1.82) is 0 Å². The van der Waals surface area contributed by atoms with Crippen LogP contribution in [0.2, 0.25) is 0 Å². The van der Waals surface area contributed by atoms with E-state index in [1.54, 1.807) is 12.1 Å². The van der Waals surface area contributed by atoms with E-state index in [4.69, 9.17) is 4.79 Å². The molecule has 28 heavy (non-hydrogen) atoms. The van der Waals surface area contributed by atoms with Gasteiger partial charge in [0.2, 0.25) is 0 Å². The van der Waals surface area contributed by atoms with Crippen LogP contribution in [0.1, 0.15) is 38.9 Å². The van der Waals surface area contributed by atoms with Crippen LogP contribution in [0.25, 0.3) is 0 Å². The fraction of sp³-hybridized carbons (Fsp3) is 0.208. The van der Waals surface area contributed by atoms with E-state index >= 15 is 0 Å². The van der Waals surface area contributed by atoms with Crippen LogP contribution in [0, 0.1) is 20.8 Å². The highest BCUT2D eigenvalue weighted by Gasteiger charge is 2.13. The first-order valence-electron chi connectivity index (χ1n) is 9.00. The Balaban J connectivity index is 0.00000136. The largest absolute Gasteiger partial charge is 0.508 e. The van der Waals surface area contributed by atoms with Gasteiger partial charge in [0, 0.05) is 12.8 Å². The predicted molar refractivity (Wildman–Crippen MR) is 111 cm³/mol. The van der Waals surface area contributed by atoms with Gasteiger partial charge >= 0.3 is 0 Å². The normalized spacial score (nSPS) is 10.2. The van der Waals surface area contributed by atoms with Gasteiger partial charge in [-0.1, -0.05) is 53.1 Å². The Morgan fingerprint density at radius 1 is 0.607 bits per heavy atom. The number of benzene rings is 3. The monoisotopic (exact) mass is 378 g/mol. The van der Waals surface area contributed by atoms with Gasteiger partial charge in [0.05, 0.1) is 0 Å². The van der Waals surface area contributed by atoms with Crippen molar-refractivity contribution in [1.82, 2.24) is 0 Å². The first-order valence-corrected chi connectivity index (χ1v) is 9.00. The van der Waals surface area contributed by atoms with Crippen LogP contribution in [-0.2, 0) is 17.6 Å². The van der Waals surface area contributed by atoms with Crippen molar-refractivity contribution in [2.75, 3.05) is 0 Å². The third-order valence-corrected chi connectivity index (χ3v) is 4.64. The molecule has 0 bridgehead atoms. The molecule has 4 heteroatoms. The van der Waals surface area contributed by atoms with E-state index < -0.39 is 0 Å². The summed E-state index contributed by atoms with van der Waals surface area (Å²) in [6.07, 6.45) is 0.904. The van der Waals surface area contributed by atoms with E-state index in [1.165, 1.54) is 0 Å². The van der Waals surface area contributed by atoms with Crippen molar-refractivity contribution >= 4 is 6.79 Å². The van der Waals surface area contributed by atoms with Gasteiger partial charge in [0.25, 0.3) is 0 Å². The van der Waals surface area contributed by atoms with Crippen LogP contribution >= 0.6 is 0 Å². The first kappa shape index (κ1) is 21.0. The summed E-state index contributed by atoms with van der Waals surface area (Å²) in [7, 11) is 0. The molecule has 0 heterocycles. The van der Waals surface area contributed by atoms with Gasteiger partial charge < -0.3 is 20.1 Å². The Morgan fingerprint density at radius 2 is 0.964 bits per heavy atom. The number of hydrogen-bond acceptors (Lipinski definition) is 4. The second kappa shape index (κ2) is 9.09. The minimum Gasteiger partial charge on any atom is -0.508 e. The quantitative estimate of drug-likeness (QED) is 0.614. The lowest BCUT2D eigenvalue weighted by molar-refractivity contribution is -0.0979. The van der Waals surface area contributed by atoms with Crippen molar-refractivity contribution in [2.24, 2.45) is 0 Å². The van der Waals surface area contributed by atoms with E-state index in [0.717, 1.165) is 38.9 Å². The van der Waals surface area contributed by atoms with Crippen LogP contribution in [0.4, 0.5) is 0 Å². The number of carbonyl (C=O) groups excluding carboxylic acids is 1. The number of rotatable bonds is 4. The highest BCUT2D eigenvalue weighted by atomic mass is 16.3. The number of hydrogen-bond donors (Lipinski definition) is 3. The molecule has 146 valence electrons. The molecule has 0 saturated carbocycles. The fourth-order valence-electron chi connectivity index (χ4n) is 3.33. The second-order valence-corrected chi connectivity index (χ2v) is 7.05. The average Bonchev–Trinajstić information content (AvgIpc) is 2.66. The van der Waals surface area contributed by atoms with Gasteiger partial charge in [-0.05, 0) is 55.2 Å². The molecule has 0 aromatic heterocycles. The molecule has 3 rings (SSSR count). The van der Waals surface area contributed by atoms with Crippen LogP contribution in [0.3, 0.4) is 0 Å². The number of aromatic hydroxyl groups is 3. The molecule has 0 aliphatic rings. The minimum atomic E-state index is 0.220. The molecule has 0 radical (unpaired) electrons. The van der Waals surface area contributed by atoms with Gasteiger partial charge in [0.1, 0.15) is 24.0 Å². The summed E-state index contributed by atoms with van der Waals surface area (Å²) in [5.41, 5.74) is 6.28. The first-order chi connectivity index (χ1) is 13.3. The van der Waals surface area contributed by atoms with E-state index in [1.807, 2.05) is 64.0 Å². The van der Waals surface area contributed by atoms with Gasteiger partial charge in [-0.25, -0.2) is 0 Å². The Labute approximate surface area is 165 Å². The Bertz CT molecular complexity index is 902. The number of aryl methyl sites for hydroxylation is 3. The smallest absolute Gasteiger partial charge is 0.122 e. The highest BCUT2D eigenvalue weighted by molar-refractivity contribution is 5.51. The Hall–Kier alpha value is -3.27. The SMILES string of the molecule is C=O.Cc1ccc(O)c(Cc2cc(C)cc(Cc3cc(C)ccc3O)c2O)c1. The molecule has 0 amide bonds. The summed E-state index contributed by atoms with van der Waals surface area (Å²) in [4.78, 5) is 8.00. The zero-order valence-electron chi connectivity index (χ0n) is 16.5. The summed E-state index contributed by atoms with van der Waals surface area (Å²) in [6.45, 7) is 7.94. The molecule has 3 aromatic carbocycles.